The van der Waals surface area contributed by atoms with Gasteiger partial charge in [0, 0.05) is 24.4 Å². The summed E-state index contributed by atoms with van der Waals surface area (Å²) < 4.78 is 0.359. The molecule has 4 N–H and O–H groups in total. The maximum Gasteiger partial charge on any atom is 0.243 e. The van der Waals surface area contributed by atoms with Gasteiger partial charge in [0.25, 0.3) is 0 Å². The van der Waals surface area contributed by atoms with E-state index in [1.165, 1.54) is 12.8 Å². The van der Waals surface area contributed by atoms with E-state index in [0.717, 1.165) is 19.6 Å². The predicted molar refractivity (Wildman–Crippen MR) is 85.2 cm³/mol. The summed E-state index contributed by atoms with van der Waals surface area (Å²) in [4.78, 5) is 15.1. The van der Waals surface area contributed by atoms with Gasteiger partial charge in [-0.1, -0.05) is 0 Å². The number of hydrazine groups is 1. The second kappa shape index (κ2) is 6.45. The number of nitrogens with one attached hydrogen (secondary N) is 2. The lowest BCUT2D eigenvalue weighted by Gasteiger charge is -2.20. The molecule has 7 nitrogen and oxygen atoms in total. The Bertz CT molecular complexity index is 445. The molecule has 0 amide bonds. The fourth-order valence-corrected chi connectivity index (χ4v) is 2.72. The number of rotatable bonds is 8. The zero-order valence-corrected chi connectivity index (χ0v) is 13.1. The Morgan fingerprint density at radius 2 is 1.85 bits per heavy atom. The summed E-state index contributed by atoms with van der Waals surface area (Å²) in [6.07, 6.45) is 4.64. The summed E-state index contributed by atoms with van der Waals surface area (Å²) in [5.41, 5.74) is 2.50. The Labute approximate surface area is 124 Å². The van der Waals surface area contributed by atoms with Crippen LogP contribution in [0.3, 0.4) is 0 Å². The van der Waals surface area contributed by atoms with Crippen molar-refractivity contribution in [3.63, 3.8) is 0 Å². The molecule has 1 aromatic rings. The molecule has 1 aromatic heterocycles. The van der Waals surface area contributed by atoms with Crippen LogP contribution in [0.15, 0.2) is 0 Å². The standard InChI is InChI=1S/C12H23N7S/c1-4-19(5-2)11-16-9(15-10(17-11)18-13)14-8-12(20-3)6-7-12/h4-8,13H2,1-3H3,(H2,14,15,16,17,18). The van der Waals surface area contributed by atoms with Gasteiger partial charge in [-0.15, -0.1) is 0 Å². The Kier molecular flexibility index (Phi) is 4.87. The first-order chi connectivity index (χ1) is 9.66. The van der Waals surface area contributed by atoms with Gasteiger partial charge in [-0.05, 0) is 32.9 Å². The maximum absolute atomic E-state index is 5.44. The van der Waals surface area contributed by atoms with Crippen molar-refractivity contribution in [3.8, 4) is 0 Å². The molecule has 0 bridgehead atoms. The van der Waals surface area contributed by atoms with Gasteiger partial charge in [-0.2, -0.15) is 26.7 Å². The molecule has 1 saturated carbocycles. The largest absolute Gasteiger partial charge is 0.353 e. The van der Waals surface area contributed by atoms with E-state index < -0.39 is 0 Å². The zero-order chi connectivity index (χ0) is 14.6. The van der Waals surface area contributed by atoms with Crippen LogP contribution in [0.4, 0.5) is 17.8 Å². The van der Waals surface area contributed by atoms with E-state index in [0.29, 0.717) is 22.6 Å². The van der Waals surface area contributed by atoms with Crippen molar-refractivity contribution in [3.05, 3.63) is 0 Å². The lowest BCUT2D eigenvalue weighted by Crippen LogP contribution is -2.27. The van der Waals surface area contributed by atoms with Crippen LogP contribution in [-0.4, -0.2) is 45.6 Å². The average Bonchev–Trinajstić information content (AvgIpc) is 3.27. The first-order valence-corrected chi connectivity index (χ1v) is 8.15. The predicted octanol–water partition coefficient (Wildman–Crippen LogP) is 1.31. The number of anilines is 3. The minimum Gasteiger partial charge on any atom is -0.353 e. The Morgan fingerprint density at radius 1 is 1.20 bits per heavy atom. The van der Waals surface area contributed by atoms with Crippen LogP contribution in [0.1, 0.15) is 26.7 Å². The molecule has 0 saturated heterocycles. The fourth-order valence-electron chi connectivity index (χ4n) is 1.99. The van der Waals surface area contributed by atoms with Gasteiger partial charge in [0.15, 0.2) is 0 Å². The smallest absolute Gasteiger partial charge is 0.243 e. The van der Waals surface area contributed by atoms with Crippen LogP contribution in [0.5, 0.6) is 0 Å². The number of hydrogen-bond acceptors (Lipinski definition) is 8. The van der Waals surface area contributed by atoms with Crippen LogP contribution >= 0.6 is 11.8 Å². The Balaban J connectivity index is 2.13. The summed E-state index contributed by atoms with van der Waals surface area (Å²) >= 11 is 1.90. The third-order valence-electron chi connectivity index (χ3n) is 3.61. The highest BCUT2D eigenvalue weighted by atomic mass is 32.2. The van der Waals surface area contributed by atoms with Gasteiger partial charge in [-0.25, -0.2) is 5.84 Å². The van der Waals surface area contributed by atoms with Crippen molar-refractivity contribution in [1.29, 1.82) is 0 Å². The number of hydrogen-bond donors (Lipinski definition) is 3. The highest BCUT2D eigenvalue weighted by molar-refractivity contribution is 8.00. The molecular weight excluding hydrogens is 274 g/mol. The Morgan fingerprint density at radius 3 is 2.35 bits per heavy atom. The van der Waals surface area contributed by atoms with Crippen LogP contribution in [0, 0.1) is 0 Å². The maximum atomic E-state index is 5.44. The molecule has 1 heterocycles. The molecule has 1 fully saturated rings. The van der Waals surface area contributed by atoms with E-state index in [1.807, 2.05) is 11.8 Å². The van der Waals surface area contributed by atoms with Crippen LogP contribution in [0.25, 0.3) is 0 Å². The van der Waals surface area contributed by atoms with Crippen LogP contribution in [0.2, 0.25) is 0 Å². The van der Waals surface area contributed by atoms with E-state index in [2.05, 4.69) is 50.7 Å². The molecule has 20 heavy (non-hydrogen) atoms. The van der Waals surface area contributed by atoms with Gasteiger partial charge in [-0.3, -0.25) is 5.43 Å². The van der Waals surface area contributed by atoms with Gasteiger partial charge < -0.3 is 10.2 Å². The number of thioether (sulfide) groups is 1. The normalized spacial score (nSPS) is 15.8. The molecule has 0 radical (unpaired) electrons. The molecule has 0 aliphatic heterocycles. The number of nitrogen functional groups attached to an aromatic ring is 1. The van der Waals surface area contributed by atoms with E-state index in [-0.39, 0.29) is 0 Å². The van der Waals surface area contributed by atoms with Crippen molar-refractivity contribution in [2.45, 2.75) is 31.4 Å². The van der Waals surface area contributed by atoms with Crippen molar-refractivity contribution in [2.75, 3.05) is 41.5 Å². The molecular formula is C12H23N7S. The molecule has 0 spiro atoms. The SMILES string of the molecule is CCN(CC)c1nc(NN)nc(NCC2(SC)CC2)n1. The van der Waals surface area contributed by atoms with E-state index >= 15 is 0 Å². The van der Waals surface area contributed by atoms with Crippen LogP contribution in [-0.2, 0) is 0 Å². The molecule has 0 aromatic carbocycles. The lowest BCUT2D eigenvalue weighted by molar-refractivity contribution is 0.809. The third kappa shape index (κ3) is 3.43. The summed E-state index contributed by atoms with van der Waals surface area (Å²) in [7, 11) is 0. The Hall–Kier alpha value is -1.28. The summed E-state index contributed by atoms with van der Waals surface area (Å²) in [6.45, 7) is 6.71. The fraction of sp³-hybridized carbons (Fsp3) is 0.750. The van der Waals surface area contributed by atoms with Crippen molar-refractivity contribution < 1.29 is 0 Å². The lowest BCUT2D eigenvalue weighted by atomic mass is 10.4. The van der Waals surface area contributed by atoms with E-state index in [1.54, 1.807) is 0 Å². The highest BCUT2D eigenvalue weighted by Gasteiger charge is 2.41. The third-order valence-corrected chi connectivity index (χ3v) is 5.03. The molecule has 0 unspecified atom stereocenters. The zero-order valence-electron chi connectivity index (χ0n) is 12.3. The quantitative estimate of drug-likeness (QED) is 0.488. The van der Waals surface area contributed by atoms with E-state index in [4.69, 9.17) is 5.84 Å². The van der Waals surface area contributed by atoms with Gasteiger partial charge in [0.1, 0.15) is 0 Å². The molecule has 1 aliphatic carbocycles. The molecule has 112 valence electrons. The first kappa shape index (κ1) is 15.1. The van der Waals surface area contributed by atoms with Gasteiger partial charge >= 0.3 is 0 Å². The number of nitrogens with zero attached hydrogens (tertiary/aromatic N) is 4. The van der Waals surface area contributed by atoms with E-state index in [9.17, 15) is 0 Å². The first-order valence-electron chi connectivity index (χ1n) is 6.93. The molecule has 1 aliphatic rings. The summed E-state index contributed by atoms with van der Waals surface area (Å²) in [5, 5.41) is 3.31. The molecule has 8 heteroatoms. The monoisotopic (exact) mass is 297 g/mol. The minimum absolute atomic E-state index is 0.359. The number of aromatic nitrogens is 3. The second-order valence-corrected chi connectivity index (χ2v) is 6.11. The van der Waals surface area contributed by atoms with Crippen LogP contribution < -0.4 is 21.5 Å². The van der Waals surface area contributed by atoms with Gasteiger partial charge in [0.2, 0.25) is 17.8 Å². The average molecular weight is 297 g/mol. The molecule has 0 atom stereocenters. The molecule has 2 rings (SSSR count). The van der Waals surface area contributed by atoms with Crippen molar-refractivity contribution in [2.24, 2.45) is 5.84 Å². The second-order valence-electron chi connectivity index (χ2n) is 4.84. The number of nitrogens with two attached hydrogens (primary N) is 1. The van der Waals surface area contributed by atoms with Crippen molar-refractivity contribution in [1.82, 2.24) is 15.0 Å². The van der Waals surface area contributed by atoms with Gasteiger partial charge in [0.05, 0.1) is 0 Å². The highest BCUT2D eigenvalue weighted by Crippen LogP contribution is 2.46. The van der Waals surface area contributed by atoms with Crippen molar-refractivity contribution >= 4 is 29.6 Å². The summed E-state index contributed by atoms with van der Waals surface area (Å²) in [6, 6.07) is 0. The summed E-state index contributed by atoms with van der Waals surface area (Å²) in [5.74, 6) is 7.05. The topological polar surface area (TPSA) is 92.0 Å². The minimum atomic E-state index is 0.359.